The van der Waals surface area contributed by atoms with Crippen molar-refractivity contribution in [2.75, 3.05) is 18.6 Å². The van der Waals surface area contributed by atoms with Crippen LogP contribution in [0.5, 0.6) is 23.0 Å². The fourth-order valence-corrected chi connectivity index (χ4v) is 4.83. The number of ether oxygens (including phenoxy) is 2. The van der Waals surface area contributed by atoms with E-state index >= 15 is 0 Å². The highest BCUT2D eigenvalue weighted by Gasteiger charge is 2.48. The minimum atomic E-state index is -1.23. The number of aliphatic hydroxyl groups is 1. The van der Waals surface area contributed by atoms with Gasteiger partial charge >= 0.3 is 0 Å². The van der Waals surface area contributed by atoms with E-state index < -0.39 is 23.5 Å². The van der Waals surface area contributed by atoms with E-state index in [1.807, 2.05) is 0 Å². The van der Waals surface area contributed by atoms with Crippen LogP contribution in [0.15, 0.2) is 54.1 Å². The molecule has 37 heavy (non-hydrogen) atoms. The van der Waals surface area contributed by atoms with Gasteiger partial charge in [0.05, 0.1) is 41.6 Å². The number of aliphatic hydroxyl groups excluding tert-OH is 1. The van der Waals surface area contributed by atoms with Crippen molar-refractivity contribution in [2.45, 2.75) is 19.9 Å². The highest BCUT2D eigenvalue weighted by atomic mass is 35.5. The Labute approximate surface area is 222 Å². The summed E-state index contributed by atoms with van der Waals surface area (Å²) in [5.74, 6) is -2.78. The Kier molecular flexibility index (Phi) is 7.25. The van der Waals surface area contributed by atoms with E-state index in [4.69, 9.17) is 32.7 Å². The largest absolute Gasteiger partial charge is 0.507 e. The molecule has 3 aromatic carbocycles. The summed E-state index contributed by atoms with van der Waals surface area (Å²) in [6.07, 6.45) is 0. The highest BCUT2D eigenvalue weighted by Crippen LogP contribution is 2.48. The molecule has 0 bridgehead atoms. The number of phenolic OH excluding ortho intramolecular Hbond substituents is 2. The summed E-state index contributed by atoms with van der Waals surface area (Å²) >= 11 is 12.5. The molecule has 10 heteroatoms. The number of nitrogens with zero attached hydrogens (tertiary/aromatic N) is 1. The summed E-state index contributed by atoms with van der Waals surface area (Å²) < 4.78 is 10.9. The van der Waals surface area contributed by atoms with Crippen LogP contribution in [-0.4, -0.2) is 40.7 Å². The van der Waals surface area contributed by atoms with Crippen molar-refractivity contribution in [3.05, 3.63) is 80.8 Å². The van der Waals surface area contributed by atoms with Gasteiger partial charge in [0.15, 0.2) is 11.5 Å². The van der Waals surface area contributed by atoms with Crippen LogP contribution in [0, 0.1) is 6.92 Å². The first-order valence-corrected chi connectivity index (χ1v) is 11.9. The summed E-state index contributed by atoms with van der Waals surface area (Å²) in [6.45, 7) is 3.72. The average molecular weight is 544 g/mol. The first-order chi connectivity index (χ1) is 17.6. The van der Waals surface area contributed by atoms with Gasteiger partial charge in [-0.2, -0.15) is 0 Å². The molecule has 4 rings (SSSR count). The quantitative estimate of drug-likeness (QED) is 0.206. The summed E-state index contributed by atoms with van der Waals surface area (Å²) in [7, 11) is 1.36. The van der Waals surface area contributed by atoms with Crippen LogP contribution in [0.1, 0.15) is 29.7 Å². The Hall–Kier alpha value is -3.88. The normalized spacial score (nSPS) is 16.8. The van der Waals surface area contributed by atoms with E-state index in [0.29, 0.717) is 11.1 Å². The Morgan fingerprint density at radius 2 is 1.73 bits per heavy atom. The predicted octanol–water partition coefficient (Wildman–Crippen LogP) is 5.75. The van der Waals surface area contributed by atoms with Gasteiger partial charge in [0.25, 0.3) is 11.7 Å². The van der Waals surface area contributed by atoms with Gasteiger partial charge in [-0.25, -0.2) is 0 Å². The highest BCUT2D eigenvalue weighted by molar-refractivity contribution is 6.52. The number of carbonyl (C=O) groups excluding carboxylic acids is 2. The van der Waals surface area contributed by atoms with Gasteiger partial charge in [-0.05, 0) is 67.4 Å². The SMILES string of the molecule is CCOc1cc(C2/C(=C(\O)c3cc(C)cc(Cl)c3OC)C(=O)C(=O)N2c2cc(Cl)ccc2O)ccc1O. The van der Waals surface area contributed by atoms with E-state index in [9.17, 15) is 24.9 Å². The van der Waals surface area contributed by atoms with Gasteiger partial charge < -0.3 is 24.8 Å². The zero-order chi connectivity index (χ0) is 27.0. The first kappa shape index (κ1) is 26.2. The monoisotopic (exact) mass is 543 g/mol. The second-order valence-electron chi connectivity index (χ2n) is 8.29. The number of ketones is 1. The first-order valence-electron chi connectivity index (χ1n) is 11.2. The topological polar surface area (TPSA) is 117 Å². The number of phenols is 2. The molecule has 8 nitrogen and oxygen atoms in total. The average Bonchev–Trinajstić information content (AvgIpc) is 3.11. The Morgan fingerprint density at radius 3 is 2.41 bits per heavy atom. The van der Waals surface area contributed by atoms with E-state index in [1.54, 1.807) is 26.0 Å². The molecule has 1 amide bonds. The summed E-state index contributed by atoms with van der Waals surface area (Å²) in [6, 6.07) is 10.3. The third-order valence-corrected chi connectivity index (χ3v) is 6.40. The van der Waals surface area contributed by atoms with E-state index in [1.165, 1.54) is 43.5 Å². The van der Waals surface area contributed by atoms with Crippen LogP contribution >= 0.6 is 23.2 Å². The molecule has 0 aliphatic carbocycles. The maximum absolute atomic E-state index is 13.5. The van der Waals surface area contributed by atoms with Gasteiger partial charge in [0.1, 0.15) is 17.3 Å². The smallest absolute Gasteiger partial charge is 0.300 e. The predicted molar refractivity (Wildman–Crippen MR) is 140 cm³/mol. The van der Waals surface area contributed by atoms with Crippen molar-refractivity contribution in [1.82, 2.24) is 0 Å². The fraction of sp³-hybridized carbons (Fsp3) is 0.185. The van der Waals surface area contributed by atoms with Gasteiger partial charge in [-0.3, -0.25) is 14.5 Å². The van der Waals surface area contributed by atoms with Crippen LogP contribution in [0.2, 0.25) is 10.0 Å². The van der Waals surface area contributed by atoms with Crippen molar-refractivity contribution < 1.29 is 34.4 Å². The van der Waals surface area contributed by atoms with Crippen molar-refractivity contribution in [3.63, 3.8) is 0 Å². The van der Waals surface area contributed by atoms with Crippen LogP contribution < -0.4 is 14.4 Å². The van der Waals surface area contributed by atoms with Crippen LogP contribution in [-0.2, 0) is 9.59 Å². The minimum absolute atomic E-state index is 0.0427. The zero-order valence-electron chi connectivity index (χ0n) is 20.1. The number of amides is 1. The van der Waals surface area contributed by atoms with Crippen LogP contribution in [0.3, 0.4) is 0 Å². The molecule has 1 unspecified atom stereocenters. The fourth-order valence-electron chi connectivity index (χ4n) is 4.32. The lowest BCUT2D eigenvalue weighted by Crippen LogP contribution is -2.29. The second-order valence-corrected chi connectivity index (χ2v) is 9.13. The lowest BCUT2D eigenvalue weighted by molar-refractivity contribution is -0.132. The Bertz CT molecular complexity index is 1450. The maximum atomic E-state index is 13.5. The van der Waals surface area contributed by atoms with Gasteiger partial charge in [-0.1, -0.05) is 29.3 Å². The molecule has 1 aliphatic rings. The lowest BCUT2D eigenvalue weighted by Gasteiger charge is -2.26. The molecule has 3 aromatic rings. The van der Waals surface area contributed by atoms with Crippen molar-refractivity contribution in [2.24, 2.45) is 0 Å². The number of aryl methyl sites for hydroxylation is 1. The number of benzene rings is 3. The minimum Gasteiger partial charge on any atom is -0.507 e. The standard InChI is InChI=1S/C27H23Cl2NO7/c1-4-37-21-11-14(5-7-20(21)32)23-22(24(33)16-9-13(2)10-17(29)26(16)36-3)25(34)27(35)30(23)18-12-15(28)6-8-19(18)31/h5-12,23,31-33H,4H2,1-3H3/b24-22+. The molecule has 192 valence electrons. The molecule has 1 fully saturated rings. The summed E-state index contributed by atoms with van der Waals surface area (Å²) in [4.78, 5) is 27.9. The van der Waals surface area contributed by atoms with E-state index in [-0.39, 0.29) is 56.5 Å². The number of anilines is 1. The molecule has 1 aliphatic heterocycles. The van der Waals surface area contributed by atoms with Crippen molar-refractivity contribution >= 4 is 46.3 Å². The number of methoxy groups -OCH3 is 1. The number of hydrogen-bond donors (Lipinski definition) is 3. The summed E-state index contributed by atoms with van der Waals surface area (Å²) in [5.41, 5.74) is 0.777. The number of Topliss-reactive ketones (excluding diaryl/α,β-unsaturated/α-hetero) is 1. The Balaban J connectivity index is 2.06. The molecule has 1 saturated heterocycles. The molecule has 0 spiro atoms. The van der Waals surface area contributed by atoms with Crippen LogP contribution in [0.4, 0.5) is 5.69 Å². The Morgan fingerprint density at radius 1 is 1.03 bits per heavy atom. The van der Waals surface area contributed by atoms with Crippen molar-refractivity contribution in [3.8, 4) is 23.0 Å². The van der Waals surface area contributed by atoms with Crippen molar-refractivity contribution in [1.29, 1.82) is 0 Å². The molecule has 0 radical (unpaired) electrons. The second kappa shape index (κ2) is 10.2. The molecule has 0 aromatic heterocycles. The number of rotatable bonds is 6. The van der Waals surface area contributed by atoms with E-state index in [0.717, 1.165) is 4.90 Å². The number of carbonyl (C=O) groups is 2. The van der Waals surface area contributed by atoms with E-state index in [2.05, 4.69) is 0 Å². The maximum Gasteiger partial charge on any atom is 0.300 e. The third-order valence-electron chi connectivity index (χ3n) is 5.89. The zero-order valence-corrected chi connectivity index (χ0v) is 21.6. The molecule has 3 N–H and O–H groups in total. The molecular weight excluding hydrogens is 521 g/mol. The third kappa shape index (κ3) is 4.65. The van der Waals surface area contributed by atoms with Gasteiger partial charge in [0.2, 0.25) is 0 Å². The van der Waals surface area contributed by atoms with Crippen LogP contribution in [0.25, 0.3) is 5.76 Å². The number of aromatic hydroxyl groups is 2. The summed E-state index contributed by atoms with van der Waals surface area (Å²) in [5, 5.41) is 32.7. The molecule has 1 heterocycles. The number of halogens is 2. The van der Waals surface area contributed by atoms with Gasteiger partial charge in [-0.15, -0.1) is 0 Å². The lowest BCUT2D eigenvalue weighted by atomic mass is 9.94. The molecular formula is C27H23Cl2NO7. The van der Waals surface area contributed by atoms with Gasteiger partial charge in [0, 0.05) is 5.02 Å². The molecule has 1 atom stereocenters. The molecule has 0 saturated carbocycles. The number of hydrogen-bond acceptors (Lipinski definition) is 7.